The molecule has 0 spiro atoms. The summed E-state index contributed by atoms with van der Waals surface area (Å²) in [6.07, 6.45) is 3.66. The quantitative estimate of drug-likeness (QED) is 0.663. The van der Waals surface area contributed by atoms with Gasteiger partial charge < -0.3 is 9.84 Å². The van der Waals surface area contributed by atoms with Gasteiger partial charge in [0, 0.05) is 13.0 Å². The third kappa shape index (κ3) is 2.46. The molecule has 2 heteroatoms. The van der Waals surface area contributed by atoms with Crippen LogP contribution in [-0.4, -0.2) is 23.4 Å². The first kappa shape index (κ1) is 9.01. The summed E-state index contributed by atoms with van der Waals surface area (Å²) < 4.78 is 5.62. The molecular formula is C9H18O2. The summed E-state index contributed by atoms with van der Waals surface area (Å²) in [6.45, 7) is 4.96. The Labute approximate surface area is 68.6 Å². The fourth-order valence-electron chi connectivity index (χ4n) is 1.80. The van der Waals surface area contributed by atoms with Crippen LogP contribution in [0.3, 0.4) is 0 Å². The van der Waals surface area contributed by atoms with Crippen molar-refractivity contribution in [2.75, 3.05) is 6.61 Å². The lowest BCUT2D eigenvalue weighted by molar-refractivity contribution is -0.111. The van der Waals surface area contributed by atoms with Crippen LogP contribution in [0.5, 0.6) is 0 Å². The maximum atomic E-state index is 9.39. The molecule has 2 unspecified atom stereocenters. The SMILES string of the molecule is CCCC1(C)CC(O)CCO1. The Morgan fingerprint density at radius 1 is 1.64 bits per heavy atom. The van der Waals surface area contributed by atoms with Crippen LogP contribution in [0, 0.1) is 0 Å². The maximum absolute atomic E-state index is 9.39. The first-order valence-corrected chi connectivity index (χ1v) is 4.48. The second-order valence-electron chi connectivity index (χ2n) is 3.69. The van der Waals surface area contributed by atoms with Crippen molar-refractivity contribution in [3.8, 4) is 0 Å². The largest absolute Gasteiger partial charge is 0.393 e. The van der Waals surface area contributed by atoms with Gasteiger partial charge in [-0.2, -0.15) is 0 Å². The summed E-state index contributed by atoms with van der Waals surface area (Å²) in [4.78, 5) is 0. The molecule has 0 aliphatic carbocycles. The molecule has 1 fully saturated rings. The first-order chi connectivity index (χ1) is 5.16. The molecule has 1 aliphatic heterocycles. The number of rotatable bonds is 2. The second-order valence-corrected chi connectivity index (χ2v) is 3.69. The molecule has 1 N–H and O–H groups in total. The van der Waals surface area contributed by atoms with Crippen molar-refractivity contribution in [2.24, 2.45) is 0 Å². The first-order valence-electron chi connectivity index (χ1n) is 4.48. The summed E-state index contributed by atoms with van der Waals surface area (Å²) in [5, 5.41) is 9.39. The van der Waals surface area contributed by atoms with Gasteiger partial charge in [-0.05, 0) is 19.8 Å². The summed E-state index contributed by atoms with van der Waals surface area (Å²) >= 11 is 0. The van der Waals surface area contributed by atoms with Crippen molar-refractivity contribution in [1.82, 2.24) is 0 Å². The van der Waals surface area contributed by atoms with E-state index >= 15 is 0 Å². The predicted molar refractivity (Wildman–Crippen MR) is 44.5 cm³/mol. The van der Waals surface area contributed by atoms with Crippen LogP contribution in [0.2, 0.25) is 0 Å². The standard InChI is InChI=1S/C9H18O2/c1-3-5-9(2)7-8(10)4-6-11-9/h8,10H,3-7H2,1-2H3. The predicted octanol–water partition coefficient (Wildman–Crippen LogP) is 1.72. The zero-order valence-corrected chi connectivity index (χ0v) is 7.47. The van der Waals surface area contributed by atoms with Gasteiger partial charge in [-0.15, -0.1) is 0 Å². The third-order valence-electron chi connectivity index (χ3n) is 2.35. The minimum Gasteiger partial charge on any atom is -0.393 e. The molecule has 0 aromatic heterocycles. The van der Waals surface area contributed by atoms with Crippen LogP contribution in [0.4, 0.5) is 0 Å². The van der Waals surface area contributed by atoms with E-state index in [1.165, 1.54) is 0 Å². The van der Waals surface area contributed by atoms with E-state index in [2.05, 4.69) is 13.8 Å². The number of aliphatic hydroxyl groups is 1. The zero-order chi connectivity index (χ0) is 8.32. The molecular weight excluding hydrogens is 140 g/mol. The highest BCUT2D eigenvalue weighted by Gasteiger charge is 2.31. The smallest absolute Gasteiger partial charge is 0.0679 e. The Morgan fingerprint density at radius 3 is 2.91 bits per heavy atom. The van der Waals surface area contributed by atoms with Crippen LogP contribution >= 0.6 is 0 Å². The number of aliphatic hydroxyl groups excluding tert-OH is 1. The van der Waals surface area contributed by atoms with Crippen LogP contribution in [-0.2, 0) is 4.74 Å². The molecule has 0 aromatic carbocycles. The Kier molecular flexibility index (Phi) is 2.90. The second kappa shape index (κ2) is 3.55. The van der Waals surface area contributed by atoms with Gasteiger partial charge >= 0.3 is 0 Å². The van der Waals surface area contributed by atoms with Crippen molar-refractivity contribution in [1.29, 1.82) is 0 Å². The van der Waals surface area contributed by atoms with E-state index in [9.17, 15) is 5.11 Å². The summed E-state index contributed by atoms with van der Waals surface area (Å²) in [5.41, 5.74) is -0.0492. The Hall–Kier alpha value is -0.0800. The van der Waals surface area contributed by atoms with Crippen LogP contribution < -0.4 is 0 Å². The van der Waals surface area contributed by atoms with Crippen LogP contribution in [0.15, 0.2) is 0 Å². The fraction of sp³-hybridized carbons (Fsp3) is 1.00. The molecule has 0 radical (unpaired) electrons. The van der Waals surface area contributed by atoms with Gasteiger partial charge in [-0.3, -0.25) is 0 Å². The van der Waals surface area contributed by atoms with Crippen LogP contribution in [0.25, 0.3) is 0 Å². The summed E-state index contributed by atoms with van der Waals surface area (Å²) in [5.74, 6) is 0. The van der Waals surface area contributed by atoms with E-state index in [0.29, 0.717) is 0 Å². The highest BCUT2D eigenvalue weighted by Crippen LogP contribution is 2.28. The van der Waals surface area contributed by atoms with Crippen LogP contribution in [0.1, 0.15) is 39.5 Å². The van der Waals surface area contributed by atoms with Gasteiger partial charge in [0.05, 0.1) is 11.7 Å². The van der Waals surface area contributed by atoms with Gasteiger partial charge in [-0.1, -0.05) is 13.3 Å². The van der Waals surface area contributed by atoms with E-state index in [-0.39, 0.29) is 11.7 Å². The van der Waals surface area contributed by atoms with Gasteiger partial charge in [0.1, 0.15) is 0 Å². The normalized spacial score (nSPS) is 39.0. The molecule has 1 heterocycles. The van der Waals surface area contributed by atoms with E-state index < -0.39 is 0 Å². The van der Waals surface area contributed by atoms with Crippen molar-refractivity contribution in [3.63, 3.8) is 0 Å². The third-order valence-corrected chi connectivity index (χ3v) is 2.35. The molecule has 0 saturated carbocycles. The lowest BCUT2D eigenvalue weighted by atomic mass is 9.90. The topological polar surface area (TPSA) is 29.5 Å². The molecule has 2 nitrogen and oxygen atoms in total. The van der Waals surface area contributed by atoms with E-state index in [4.69, 9.17) is 4.74 Å². The molecule has 0 amide bonds. The Morgan fingerprint density at radius 2 is 2.36 bits per heavy atom. The lowest BCUT2D eigenvalue weighted by Gasteiger charge is -2.36. The molecule has 0 aromatic rings. The number of ether oxygens (including phenoxy) is 1. The average Bonchev–Trinajstić information content (AvgIpc) is 1.86. The van der Waals surface area contributed by atoms with Gasteiger partial charge in [0.2, 0.25) is 0 Å². The molecule has 66 valence electrons. The highest BCUT2D eigenvalue weighted by molar-refractivity contribution is 4.82. The van der Waals surface area contributed by atoms with Crippen molar-refractivity contribution in [3.05, 3.63) is 0 Å². The van der Waals surface area contributed by atoms with E-state index in [0.717, 1.165) is 32.3 Å². The van der Waals surface area contributed by atoms with Crippen molar-refractivity contribution in [2.45, 2.75) is 51.2 Å². The van der Waals surface area contributed by atoms with Crippen molar-refractivity contribution < 1.29 is 9.84 Å². The minimum atomic E-state index is -0.139. The van der Waals surface area contributed by atoms with Crippen molar-refractivity contribution >= 4 is 0 Å². The monoisotopic (exact) mass is 158 g/mol. The zero-order valence-electron chi connectivity index (χ0n) is 7.47. The average molecular weight is 158 g/mol. The maximum Gasteiger partial charge on any atom is 0.0679 e. The Balaban J connectivity index is 2.41. The minimum absolute atomic E-state index is 0.0492. The van der Waals surface area contributed by atoms with Gasteiger partial charge in [-0.25, -0.2) is 0 Å². The van der Waals surface area contributed by atoms with Gasteiger partial charge in [0.15, 0.2) is 0 Å². The molecule has 0 bridgehead atoms. The molecule has 1 aliphatic rings. The number of hydrogen-bond acceptors (Lipinski definition) is 2. The van der Waals surface area contributed by atoms with E-state index in [1.807, 2.05) is 0 Å². The molecule has 1 saturated heterocycles. The molecule has 11 heavy (non-hydrogen) atoms. The highest BCUT2D eigenvalue weighted by atomic mass is 16.5. The number of hydrogen-bond donors (Lipinski definition) is 1. The van der Waals surface area contributed by atoms with E-state index in [1.54, 1.807) is 0 Å². The Bertz CT molecular complexity index is 121. The fourth-order valence-corrected chi connectivity index (χ4v) is 1.80. The summed E-state index contributed by atoms with van der Waals surface area (Å²) in [6, 6.07) is 0. The molecule has 1 rings (SSSR count). The van der Waals surface area contributed by atoms with Gasteiger partial charge in [0.25, 0.3) is 0 Å². The molecule has 2 atom stereocenters. The lowest BCUT2D eigenvalue weighted by Crippen LogP contribution is -2.39. The summed E-state index contributed by atoms with van der Waals surface area (Å²) in [7, 11) is 0.